The van der Waals surface area contributed by atoms with Gasteiger partial charge in [-0.2, -0.15) is 0 Å². The number of carboxylic acids is 1. The number of nitrogens with one attached hydrogen (secondary N) is 2. The quantitative estimate of drug-likeness (QED) is 0.482. The fourth-order valence-electron chi connectivity index (χ4n) is 1.90. The number of aliphatic hydroxyl groups is 1. The zero-order valence-corrected chi connectivity index (χ0v) is 9.82. The van der Waals surface area contributed by atoms with Crippen LogP contribution in [0.2, 0.25) is 0 Å². The van der Waals surface area contributed by atoms with E-state index in [1.54, 1.807) is 0 Å². The predicted octanol–water partition coefficient (Wildman–Crippen LogP) is -0.530. The lowest BCUT2D eigenvalue weighted by Crippen LogP contribution is -2.39. The number of rotatable bonds is 7. The second kappa shape index (κ2) is 7.24. The molecule has 4 N–H and O–H groups in total. The van der Waals surface area contributed by atoms with Crippen LogP contribution < -0.4 is 10.6 Å². The van der Waals surface area contributed by atoms with E-state index in [9.17, 15) is 9.59 Å². The molecule has 98 valence electrons. The lowest BCUT2D eigenvalue weighted by Gasteiger charge is -2.12. The number of hydrogen-bond acceptors (Lipinski definition) is 4. The molecular weight excluding hydrogens is 224 g/mol. The van der Waals surface area contributed by atoms with Gasteiger partial charge >= 0.3 is 5.97 Å². The molecule has 0 radical (unpaired) electrons. The fourth-order valence-corrected chi connectivity index (χ4v) is 1.90. The third-order valence-electron chi connectivity index (χ3n) is 2.93. The minimum Gasteiger partial charge on any atom is -0.479 e. The molecule has 1 amide bonds. The number of hydrogen-bond donors (Lipinski definition) is 4. The molecular formula is C11H20N2O4. The Bertz CT molecular complexity index is 264. The van der Waals surface area contributed by atoms with Crippen molar-refractivity contribution in [2.24, 2.45) is 0 Å². The van der Waals surface area contributed by atoms with Gasteiger partial charge < -0.3 is 20.8 Å². The Balaban J connectivity index is 2.02. The van der Waals surface area contributed by atoms with Crippen LogP contribution in [0, 0.1) is 0 Å². The second-order valence-corrected chi connectivity index (χ2v) is 4.35. The van der Waals surface area contributed by atoms with Crippen LogP contribution in [0.25, 0.3) is 0 Å². The Hall–Kier alpha value is -1.14. The van der Waals surface area contributed by atoms with E-state index >= 15 is 0 Å². The molecule has 1 atom stereocenters. The molecule has 17 heavy (non-hydrogen) atoms. The molecule has 0 spiro atoms. The normalized spacial score (nSPS) is 17.9. The van der Waals surface area contributed by atoms with E-state index in [2.05, 4.69) is 10.6 Å². The molecule has 1 saturated carbocycles. The molecule has 6 nitrogen and oxygen atoms in total. The second-order valence-electron chi connectivity index (χ2n) is 4.35. The maximum atomic E-state index is 11.3. The standard InChI is InChI=1S/C11H20N2O4/c14-9(11(16)17)5-6-12-10(15)7-13-8-3-1-2-4-8/h8-9,13-14H,1-7H2,(H,12,15)(H,16,17). The Kier molecular flexibility index (Phi) is 5.93. The van der Waals surface area contributed by atoms with Gasteiger partial charge in [-0.15, -0.1) is 0 Å². The molecule has 0 heterocycles. The minimum absolute atomic E-state index is 0.0322. The number of amides is 1. The van der Waals surface area contributed by atoms with Crippen molar-refractivity contribution in [2.75, 3.05) is 13.1 Å². The van der Waals surface area contributed by atoms with E-state index in [0.717, 1.165) is 12.8 Å². The van der Waals surface area contributed by atoms with Crippen molar-refractivity contribution in [1.82, 2.24) is 10.6 Å². The zero-order chi connectivity index (χ0) is 12.7. The highest BCUT2D eigenvalue weighted by Gasteiger charge is 2.16. The van der Waals surface area contributed by atoms with Crippen LogP contribution in [-0.2, 0) is 9.59 Å². The van der Waals surface area contributed by atoms with E-state index in [1.807, 2.05) is 0 Å². The highest BCUT2D eigenvalue weighted by molar-refractivity contribution is 5.78. The summed E-state index contributed by atoms with van der Waals surface area (Å²) < 4.78 is 0. The Morgan fingerprint density at radius 2 is 1.94 bits per heavy atom. The first-order chi connectivity index (χ1) is 8.09. The molecule has 1 unspecified atom stereocenters. The molecule has 0 saturated heterocycles. The predicted molar refractivity (Wildman–Crippen MR) is 61.5 cm³/mol. The average molecular weight is 244 g/mol. The van der Waals surface area contributed by atoms with Gasteiger partial charge in [-0.25, -0.2) is 4.79 Å². The number of aliphatic hydroxyl groups excluding tert-OH is 1. The molecule has 0 aromatic rings. The summed E-state index contributed by atoms with van der Waals surface area (Å²) in [6.45, 7) is 0.437. The van der Waals surface area contributed by atoms with Crippen LogP contribution >= 0.6 is 0 Å². The van der Waals surface area contributed by atoms with Gasteiger partial charge in [0.2, 0.25) is 5.91 Å². The SMILES string of the molecule is O=C(CNC1CCCC1)NCCC(O)C(=O)O. The van der Waals surface area contributed by atoms with Gasteiger partial charge in [0.25, 0.3) is 0 Å². The summed E-state index contributed by atoms with van der Waals surface area (Å²) in [5.41, 5.74) is 0. The molecule has 0 aromatic heterocycles. The Labute approximate surface area is 100 Å². The molecule has 1 fully saturated rings. The van der Waals surface area contributed by atoms with Crippen molar-refractivity contribution in [3.05, 3.63) is 0 Å². The lowest BCUT2D eigenvalue weighted by molar-refractivity contribution is -0.147. The van der Waals surface area contributed by atoms with Gasteiger partial charge in [-0.05, 0) is 12.8 Å². The molecule has 1 rings (SSSR count). The third kappa shape index (κ3) is 5.65. The van der Waals surface area contributed by atoms with Crippen LogP contribution in [0.1, 0.15) is 32.1 Å². The summed E-state index contributed by atoms with van der Waals surface area (Å²) in [6, 6.07) is 0.436. The monoisotopic (exact) mass is 244 g/mol. The molecule has 1 aliphatic carbocycles. The molecule has 0 aromatic carbocycles. The minimum atomic E-state index is -1.40. The number of carbonyl (C=O) groups is 2. The maximum Gasteiger partial charge on any atom is 0.332 e. The van der Waals surface area contributed by atoms with Crippen molar-refractivity contribution >= 4 is 11.9 Å². The van der Waals surface area contributed by atoms with E-state index in [-0.39, 0.29) is 25.4 Å². The van der Waals surface area contributed by atoms with Crippen LogP contribution in [-0.4, -0.2) is 47.3 Å². The highest BCUT2D eigenvalue weighted by atomic mass is 16.4. The summed E-state index contributed by atoms with van der Waals surface area (Å²) in [6.07, 6.45) is 3.28. The summed E-state index contributed by atoms with van der Waals surface area (Å²) in [4.78, 5) is 21.6. The molecule has 6 heteroatoms. The van der Waals surface area contributed by atoms with E-state index in [4.69, 9.17) is 10.2 Å². The summed E-state index contributed by atoms with van der Waals surface area (Å²) in [7, 11) is 0. The maximum absolute atomic E-state index is 11.3. The van der Waals surface area contributed by atoms with Crippen LogP contribution in [0.5, 0.6) is 0 Å². The number of carbonyl (C=O) groups excluding carboxylic acids is 1. The molecule has 1 aliphatic rings. The fraction of sp³-hybridized carbons (Fsp3) is 0.818. The van der Waals surface area contributed by atoms with Gasteiger partial charge in [0.15, 0.2) is 6.10 Å². The van der Waals surface area contributed by atoms with Gasteiger partial charge in [-0.1, -0.05) is 12.8 Å². The van der Waals surface area contributed by atoms with Gasteiger partial charge in [0.05, 0.1) is 6.54 Å². The Morgan fingerprint density at radius 3 is 2.53 bits per heavy atom. The largest absolute Gasteiger partial charge is 0.479 e. The van der Waals surface area contributed by atoms with E-state index < -0.39 is 12.1 Å². The first-order valence-electron chi connectivity index (χ1n) is 6.00. The van der Waals surface area contributed by atoms with Crippen molar-refractivity contribution in [2.45, 2.75) is 44.2 Å². The highest BCUT2D eigenvalue weighted by Crippen LogP contribution is 2.17. The van der Waals surface area contributed by atoms with E-state index in [0.29, 0.717) is 6.04 Å². The summed E-state index contributed by atoms with van der Waals surface area (Å²) in [5, 5.41) is 23.1. The summed E-state index contributed by atoms with van der Waals surface area (Å²) >= 11 is 0. The third-order valence-corrected chi connectivity index (χ3v) is 2.93. The first kappa shape index (κ1) is 13.9. The van der Waals surface area contributed by atoms with Crippen LogP contribution in [0.15, 0.2) is 0 Å². The van der Waals surface area contributed by atoms with E-state index in [1.165, 1.54) is 12.8 Å². The van der Waals surface area contributed by atoms with Gasteiger partial charge in [0.1, 0.15) is 0 Å². The molecule has 0 bridgehead atoms. The van der Waals surface area contributed by atoms with Gasteiger partial charge in [-0.3, -0.25) is 4.79 Å². The van der Waals surface area contributed by atoms with Crippen molar-refractivity contribution in [1.29, 1.82) is 0 Å². The average Bonchev–Trinajstić information content (AvgIpc) is 2.78. The summed E-state index contributed by atoms with van der Waals surface area (Å²) in [5.74, 6) is -1.42. The first-order valence-corrected chi connectivity index (χ1v) is 6.00. The topological polar surface area (TPSA) is 98.7 Å². The van der Waals surface area contributed by atoms with Crippen molar-refractivity contribution in [3.8, 4) is 0 Å². The lowest BCUT2D eigenvalue weighted by atomic mass is 10.2. The smallest absolute Gasteiger partial charge is 0.332 e. The van der Waals surface area contributed by atoms with Crippen molar-refractivity contribution < 1.29 is 19.8 Å². The van der Waals surface area contributed by atoms with Crippen molar-refractivity contribution in [3.63, 3.8) is 0 Å². The number of aliphatic carboxylic acids is 1. The van der Waals surface area contributed by atoms with Crippen LogP contribution in [0.4, 0.5) is 0 Å². The molecule has 0 aliphatic heterocycles. The Morgan fingerprint density at radius 1 is 1.29 bits per heavy atom. The van der Waals surface area contributed by atoms with Gasteiger partial charge in [0, 0.05) is 19.0 Å². The van der Waals surface area contributed by atoms with Crippen LogP contribution in [0.3, 0.4) is 0 Å². The zero-order valence-electron chi connectivity index (χ0n) is 9.82. The number of carboxylic acid groups (broad SMARTS) is 1.